The van der Waals surface area contributed by atoms with Crippen LogP contribution in [-0.2, 0) is 11.8 Å². The van der Waals surface area contributed by atoms with Crippen LogP contribution in [0.1, 0.15) is 5.56 Å². The topological polar surface area (TPSA) is 68.1 Å². The van der Waals surface area contributed by atoms with E-state index >= 15 is 0 Å². The highest BCUT2D eigenvalue weighted by Gasteiger charge is 2.17. The SMILES string of the molecule is Cc1ccc(Nc2cc(-c3ccc4cnn(C)c4c3)nc(N3CCOCC3)n2)cc1. The van der Waals surface area contributed by atoms with E-state index in [9.17, 15) is 0 Å². The molecule has 1 aliphatic rings. The second-order valence-corrected chi connectivity index (χ2v) is 7.57. The number of hydrogen-bond acceptors (Lipinski definition) is 6. The lowest BCUT2D eigenvalue weighted by Gasteiger charge is -2.27. The van der Waals surface area contributed by atoms with Gasteiger partial charge < -0.3 is 15.0 Å². The van der Waals surface area contributed by atoms with E-state index in [1.54, 1.807) is 0 Å². The van der Waals surface area contributed by atoms with Gasteiger partial charge in [-0.1, -0.05) is 29.8 Å². The lowest BCUT2D eigenvalue weighted by molar-refractivity contribution is 0.122. The van der Waals surface area contributed by atoms with Crippen LogP contribution in [-0.4, -0.2) is 46.1 Å². The maximum absolute atomic E-state index is 5.50. The van der Waals surface area contributed by atoms with Crippen molar-refractivity contribution in [2.24, 2.45) is 7.05 Å². The molecule has 3 heterocycles. The number of anilines is 3. The van der Waals surface area contributed by atoms with Crippen molar-refractivity contribution in [2.75, 3.05) is 36.5 Å². The molecular weight excluding hydrogens is 376 g/mol. The van der Waals surface area contributed by atoms with E-state index in [1.165, 1.54) is 5.56 Å². The molecular formula is C23H24N6O. The van der Waals surface area contributed by atoms with Crippen LogP contribution in [0.3, 0.4) is 0 Å². The van der Waals surface area contributed by atoms with Gasteiger partial charge in [-0.05, 0) is 25.1 Å². The number of nitrogens with one attached hydrogen (secondary N) is 1. The molecule has 1 fully saturated rings. The van der Waals surface area contributed by atoms with E-state index in [-0.39, 0.29) is 0 Å². The molecule has 2 aromatic carbocycles. The zero-order chi connectivity index (χ0) is 20.5. The van der Waals surface area contributed by atoms with Crippen molar-refractivity contribution in [1.29, 1.82) is 0 Å². The molecule has 0 aliphatic carbocycles. The highest BCUT2D eigenvalue weighted by atomic mass is 16.5. The largest absolute Gasteiger partial charge is 0.378 e. The van der Waals surface area contributed by atoms with Gasteiger partial charge in [-0.2, -0.15) is 10.1 Å². The summed E-state index contributed by atoms with van der Waals surface area (Å²) < 4.78 is 7.39. The molecule has 2 aromatic heterocycles. The Morgan fingerprint density at radius 2 is 1.77 bits per heavy atom. The minimum Gasteiger partial charge on any atom is -0.378 e. The molecule has 4 aromatic rings. The van der Waals surface area contributed by atoms with Crippen LogP contribution in [0, 0.1) is 6.92 Å². The molecule has 1 aliphatic heterocycles. The van der Waals surface area contributed by atoms with Crippen molar-refractivity contribution >= 4 is 28.4 Å². The first kappa shape index (κ1) is 18.6. The van der Waals surface area contributed by atoms with E-state index in [4.69, 9.17) is 14.7 Å². The number of fused-ring (bicyclic) bond motifs is 1. The van der Waals surface area contributed by atoms with Crippen LogP contribution in [0.5, 0.6) is 0 Å². The average Bonchev–Trinajstić information content (AvgIpc) is 3.16. The predicted octanol–water partition coefficient (Wildman–Crippen LogP) is 3.92. The summed E-state index contributed by atoms with van der Waals surface area (Å²) in [5.41, 5.74) is 5.22. The zero-order valence-corrected chi connectivity index (χ0v) is 17.2. The van der Waals surface area contributed by atoms with Crippen LogP contribution < -0.4 is 10.2 Å². The maximum atomic E-state index is 5.50. The summed E-state index contributed by atoms with van der Waals surface area (Å²) in [4.78, 5) is 11.9. The summed E-state index contributed by atoms with van der Waals surface area (Å²) in [6.45, 7) is 5.03. The molecule has 5 rings (SSSR count). The number of aryl methyl sites for hydroxylation is 2. The Morgan fingerprint density at radius 3 is 2.57 bits per heavy atom. The second-order valence-electron chi connectivity index (χ2n) is 7.57. The molecule has 0 amide bonds. The van der Waals surface area contributed by atoms with Crippen molar-refractivity contribution in [3.05, 3.63) is 60.3 Å². The third-order valence-electron chi connectivity index (χ3n) is 5.38. The van der Waals surface area contributed by atoms with Gasteiger partial charge >= 0.3 is 0 Å². The van der Waals surface area contributed by atoms with Crippen LogP contribution >= 0.6 is 0 Å². The van der Waals surface area contributed by atoms with Crippen LogP contribution in [0.4, 0.5) is 17.5 Å². The van der Waals surface area contributed by atoms with Crippen LogP contribution in [0.2, 0.25) is 0 Å². The molecule has 0 radical (unpaired) electrons. The zero-order valence-electron chi connectivity index (χ0n) is 17.2. The van der Waals surface area contributed by atoms with Gasteiger partial charge in [0, 0.05) is 42.8 Å². The number of nitrogens with zero attached hydrogens (tertiary/aromatic N) is 5. The smallest absolute Gasteiger partial charge is 0.228 e. The van der Waals surface area contributed by atoms with Gasteiger partial charge in [0.2, 0.25) is 5.95 Å². The second kappa shape index (κ2) is 7.76. The van der Waals surface area contributed by atoms with Crippen molar-refractivity contribution in [1.82, 2.24) is 19.7 Å². The van der Waals surface area contributed by atoms with E-state index in [2.05, 4.69) is 64.7 Å². The van der Waals surface area contributed by atoms with E-state index < -0.39 is 0 Å². The number of rotatable bonds is 4. The molecule has 1 N–H and O–H groups in total. The quantitative estimate of drug-likeness (QED) is 0.560. The Morgan fingerprint density at radius 1 is 0.967 bits per heavy atom. The maximum Gasteiger partial charge on any atom is 0.228 e. The monoisotopic (exact) mass is 400 g/mol. The molecule has 7 nitrogen and oxygen atoms in total. The number of aromatic nitrogens is 4. The molecule has 0 saturated carbocycles. The Balaban J connectivity index is 1.57. The summed E-state index contributed by atoms with van der Waals surface area (Å²) in [6, 6.07) is 16.6. The summed E-state index contributed by atoms with van der Waals surface area (Å²) in [5, 5.41) is 8.90. The van der Waals surface area contributed by atoms with Gasteiger partial charge in [-0.15, -0.1) is 0 Å². The summed E-state index contributed by atoms with van der Waals surface area (Å²) in [7, 11) is 1.95. The molecule has 1 saturated heterocycles. The average molecular weight is 400 g/mol. The van der Waals surface area contributed by atoms with E-state index in [1.807, 2.05) is 24.0 Å². The Bertz CT molecular complexity index is 1180. The molecule has 30 heavy (non-hydrogen) atoms. The van der Waals surface area contributed by atoms with Crippen molar-refractivity contribution in [3.8, 4) is 11.3 Å². The Hall–Kier alpha value is -3.45. The lowest BCUT2D eigenvalue weighted by atomic mass is 10.1. The number of benzene rings is 2. The minimum absolute atomic E-state index is 0.690. The Kier molecular flexibility index (Phi) is 4.80. The van der Waals surface area contributed by atoms with E-state index in [0.29, 0.717) is 13.2 Å². The van der Waals surface area contributed by atoms with Gasteiger partial charge in [0.25, 0.3) is 0 Å². The van der Waals surface area contributed by atoms with Gasteiger partial charge in [-0.3, -0.25) is 4.68 Å². The Labute approximate surface area is 175 Å². The first-order valence-electron chi connectivity index (χ1n) is 10.1. The molecule has 0 unspecified atom stereocenters. The van der Waals surface area contributed by atoms with Crippen molar-refractivity contribution in [2.45, 2.75) is 6.92 Å². The summed E-state index contributed by atoms with van der Waals surface area (Å²) >= 11 is 0. The number of hydrogen-bond donors (Lipinski definition) is 1. The fourth-order valence-corrected chi connectivity index (χ4v) is 3.64. The molecule has 0 spiro atoms. The first-order valence-corrected chi connectivity index (χ1v) is 10.1. The predicted molar refractivity (Wildman–Crippen MR) is 119 cm³/mol. The van der Waals surface area contributed by atoms with Gasteiger partial charge in [0.15, 0.2) is 0 Å². The van der Waals surface area contributed by atoms with Gasteiger partial charge in [-0.25, -0.2) is 4.98 Å². The van der Waals surface area contributed by atoms with E-state index in [0.717, 1.165) is 52.7 Å². The van der Waals surface area contributed by atoms with Gasteiger partial charge in [0.05, 0.1) is 30.6 Å². The highest BCUT2D eigenvalue weighted by molar-refractivity contribution is 5.84. The third kappa shape index (κ3) is 3.71. The summed E-state index contributed by atoms with van der Waals surface area (Å²) in [6.07, 6.45) is 1.88. The highest BCUT2D eigenvalue weighted by Crippen LogP contribution is 2.28. The van der Waals surface area contributed by atoms with Gasteiger partial charge in [0.1, 0.15) is 5.82 Å². The van der Waals surface area contributed by atoms with Crippen LogP contribution in [0.15, 0.2) is 54.7 Å². The van der Waals surface area contributed by atoms with Crippen molar-refractivity contribution in [3.63, 3.8) is 0 Å². The standard InChI is InChI=1S/C23H24N6O/c1-16-3-7-19(8-4-16)25-22-14-20(26-23(27-22)29-9-11-30-12-10-29)17-5-6-18-15-24-28(2)21(18)13-17/h3-8,13-15H,9-12H2,1-2H3,(H,25,26,27). The molecule has 0 bridgehead atoms. The fourth-order valence-electron chi connectivity index (χ4n) is 3.64. The molecule has 152 valence electrons. The normalized spacial score (nSPS) is 14.3. The molecule has 7 heteroatoms. The number of morpholine rings is 1. The van der Waals surface area contributed by atoms with Crippen LogP contribution in [0.25, 0.3) is 22.2 Å². The number of ether oxygens (including phenoxy) is 1. The van der Waals surface area contributed by atoms with Crippen molar-refractivity contribution < 1.29 is 4.74 Å². The minimum atomic E-state index is 0.690. The lowest BCUT2D eigenvalue weighted by Crippen LogP contribution is -2.37. The summed E-state index contributed by atoms with van der Waals surface area (Å²) in [5.74, 6) is 1.49. The third-order valence-corrected chi connectivity index (χ3v) is 5.38. The molecule has 0 atom stereocenters. The first-order chi connectivity index (χ1) is 14.7. The fraction of sp³-hybridized carbons (Fsp3) is 0.261.